The van der Waals surface area contributed by atoms with Gasteiger partial charge in [0, 0.05) is 30.4 Å². The van der Waals surface area contributed by atoms with E-state index in [4.69, 9.17) is 4.74 Å². The van der Waals surface area contributed by atoms with Gasteiger partial charge in [-0.1, -0.05) is 24.3 Å². The number of nitro benzene ring substituents is 1. The lowest BCUT2D eigenvalue weighted by Crippen LogP contribution is -2.50. The summed E-state index contributed by atoms with van der Waals surface area (Å²) in [6.45, 7) is 2.23. The van der Waals surface area contributed by atoms with Gasteiger partial charge in [-0.05, 0) is 43.5 Å². The number of piperidine rings is 1. The van der Waals surface area contributed by atoms with E-state index in [1.54, 1.807) is 43.8 Å². The quantitative estimate of drug-likeness (QED) is 0.317. The summed E-state index contributed by atoms with van der Waals surface area (Å²) in [5.74, 6) is -0.912. The number of aromatic nitrogens is 2. The SMILES string of the molecule is COc1cc(/C=C/C(=O)NN2CCCC(c3ccccc3[N+](=O)[O-])C2=O)ccc1-n1cnc(C)c1. The second-order valence-corrected chi connectivity index (χ2v) is 8.16. The van der Waals surface area contributed by atoms with Crippen molar-refractivity contribution in [1.82, 2.24) is 20.0 Å². The van der Waals surface area contributed by atoms with Crippen molar-refractivity contribution in [1.29, 1.82) is 0 Å². The van der Waals surface area contributed by atoms with Crippen LogP contribution in [0.3, 0.4) is 0 Å². The van der Waals surface area contributed by atoms with Crippen LogP contribution in [0.15, 0.2) is 61.1 Å². The molecule has 180 valence electrons. The smallest absolute Gasteiger partial charge is 0.273 e. The zero-order chi connectivity index (χ0) is 24.9. The van der Waals surface area contributed by atoms with Gasteiger partial charge in [0.15, 0.2) is 0 Å². The normalized spacial score (nSPS) is 15.9. The Morgan fingerprint density at radius 2 is 2.09 bits per heavy atom. The molecule has 1 aliphatic heterocycles. The maximum atomic E-state index is 13.0. The molecule has 0 saturated carbocycles. The molecule has 0 bridgehead atoms. The summed E-state index contributed by atoms with van der Waals surface area (Å²) in [6.07, 6.45) is 7.62. The fraction of sp³-hybridized carbons (Fsp3) is 0.240. The zero-order valence-corrected chi connectivity index (χ0v) is 19.4. The lowest BCUT2D eigenvalue weighted by Gasteiger charge is -2.31. The largest absolute Gasteiger partial charge is 0.495 e. The number of hydrogen-bond acceptors (Lipinski definition) is 6. The van der Waals surface area contributed by atoms with Gasteiger partial charge >= 0.3 is 0 Å². The van der Waals surface area contributed by atoms with Gasteiger partial charge in [-0.15, -0.1) is 0 Å². The number of nitrogens with zero attached hydrogens (tertiary/aromatic N) is 4. The van der Waals surface area contributed by atoms with Gasteiger partial charge in [0.25, 0.3) is 11.6 Å². The molecule has 1 N–H and O–H groups in total. The average Bonchev–Trinajstić information content (AvgIpc) is 3.29. The second-order valence-electron chi connectivity index (χ2n) is 8.16. The van der Waals surface area contributed by atoms with Crippen LogP contribution >= 0.6 is 0 Å². The highest BCUT2D eigenvalue weighted by Crippen LogP contribution is 2.33. The first-order chi connectivity index (χ1) is 16.9. The van der Waals surface area contributed by atoms with Gasteiger partial charge in [0.1, 0.15) is 5.75 Å². The summed E-state index contributed by atoms with van der Waals surface area (Å²) in [5, 5.41) is 12.6. The number of benzene rings is 2. The summed E-state index contributed by atoms with van der Waals surface area (Å²) in [6, 6.07) is 11.7. The molecule has 1 aromatic heterocycles. The Bertz CT molecular complexity index is 1300. The monoisotopic (exact) mass is 475 g/mol. The first kappa shape index (κ1) is 23.7. The van der Waals surface area contributed by atoms with Gasteiger partial charge in [0.2, 0.25) is 5.91 Å². The van der Waals surface area contributed by atoms with Crippen LogP contribution in [-0.2, 0) is 9.59 Å². The number of methoxy groups -OCH3 is 1. The highest BCUT2D eigenvalue weighted by molar-refractivity contribution is 5.94. The number of carbonyl (C=O) groups excluding carboxylic acids is 2. The number of aryl methyl sites for hydroxylation is 1. The maximum absolute atomic E-state index is 13.0. The molecule has 4 rings (SSSR count). The van der Waals surface area contributed by atoms with E-state index in [0.717, 1.165) is 16.9 Å². The molecule has 35 heavy (non-hydrogen) atoms. The lowest BCUT2D eigenvalue weighted by molar-refractivity contribution is -0.385. The third-order valence-electron chi connectivity index (χ3n) is 5.81. The Balaban J connectivity index is 1.45. The van der Waals surface area contributed by atoms with Gasteiger partial charge in [-0.2, -0.15) is 0 Å². The maximum Gasteiger partial charge on any atom is 0.273 e. The van der Waals surface area contributed by atoms with E-state index in [1.807, 2.05) is 29.8 Å². The van der Waals surface area contributed by atoms with Gasteiger partial charge in [-0.25, -0.2) is 4.98 Å². The van der Waals surface area contributed by atoms with Crippen molar-refractivity contribution in [2.24, 2.45) is 0 Å². The molecule has 2 heterocycles. The summed E-state index contributed by atoms with van der Waals surface area (Å²) in [4.78, 5) is 40.7. The second kappa shape index (κ2) is 10.2. The summed E-state index contributed by atoms with van der Waals surface area (Å²) in [7, 11) is 1.57. The van der Waals surface area contributed by atoms with Crippen LogP contribution in [0.2, 0.25) is 0 Å². The van der Waals surface area contributed by atoms with E-state index >= 15 is 0 Å². The van der Waals surface area contributed by atoms with Crippen LogP contribution < -0.4 is 10.2 Å². The molecule has 3 aromatic rings. The zero-order valence-electron chi connectivity index (χ0n) is 19.4. The van der Waals surface area contributed by atoms with Crippen molar-refractivity contribution in [2.45, 2.75) is 25.7 Å². The number of hydrazine groups is 1. The van der Waals surface area contributed by atoms with E-state index in [9.17, 15) is 19.7 Å². The highest BCUT2D eigenvalue weighted by Gasteiger charge is 2.34. The minimum Gasteiger partial charge on any atom is -0.495 e. The van der Waals surface area contributed by atoms with Crippen molar-refractivity contribution in [3.05, 3.63) is 88.0 Å². The molecule has 1 atom stereocenters. The molecule has 2 amide bonds. The Morgan fingerprint density at radius 1 is 1.29 bits per heavy atom. The first-order valence-corrected chi connectivity index (χ1v) is 11.1. The molecule has 10 heteroatoms. The fourth-order valence-electron chi connectivity index (χ4n) is 4.13. The molecular weight excluding hydrogens is 450 g/mol. The molecule has 1 unspecified atom stereocenters. The van der Waals surface area contributed by atoms with Crippen molar-refractivity contribution in [2.75, 3.05) is 13.7 Å². The topological polar surface area (TPSA) is 120 Å². The van der Waals surface area contributed by atoms with Crippen LogP contribution in [-0.4, -0.2) is 45.0 Å². The summed E-state index contributed by atoms with van der Waals surface area (Å²) < 4.78 is 7.34. The Kier molecular flexibility index (Phi) is 6.91. The number of imidazole rings is 1. The van der Waals surface area contributed by atoms with Crippen molar-refractivity contribution < 1.29 is 19.2 Å². The van der Waals surface area contributed by atoms with Crippen LogP contribution in [0.5, 0.6) is 5.75 Å². The van der Waals surface area contributed by atoms with Crippen molar-refractivity contribution in [3.63, 3.8) is 0 Å². The minimum absolute atomic E-state index is 0.0952. The van der Waals surface area contributed by atoms with E-state index in [-0.39, 0.29) is 11.6 Å². The molecule has 1 saturated heterocycles. The van der Waals surface area contributed by atoms with Gasteiger partial charge in [0.05, 0.1) is 35.7 Å². The average molecular weight is 476 g/mol. The Labute approximate surface area is 202 Å². The van der Waals surface area contributed by atoms with Gasteiger partial charge < -0.3 is 9.30 Å². The lowest BCUT2D eigenvalue weighted by atomic mass is 9.89. The molecule has 1 fully saturated rings. The number of carbonyl (C=O) groups is 2. The van der Waals surface area contributed by atoms with E-state index in [1.165, 1.54) is 17.2 Å². The molecule has 0 radical (unpaired) electrons. The molecule has 0 aliphatic carbocycles. The number of rotatable bonds is 7. The number of ether oxygens (including phenoxy) is 1. The number of amides is 2. The molecule has 10 nitrogen and oxygen atoms in total. The fourth-order valence-corrected chi connectivity index (χ4v) is 4.13. The van der Waals surface area contributed by atoms with Gasteiger partial charge in [-0.3, -0.25) is 30.1 Å². The third-order valence-corrected chi connectivity index (χ3v) is 5.81. The molecular formula is C25H25N5O5. The predicted octanol–water partition coefficient (Wildman–Crippen LogP) is 3.55. The van der Waals surface area contributed by atoms with Crippen LogP contribution in [0, 0.1) is 17.0 Å². The molecule has 1 aliphatic rings. The number of para-hydroxylation sites is 1. The summed E-state index contributed by atoms with van der Waals surface area (Å²) in [5.41, 5.74) is 5.29. The number of hydrogen-bond donors (Lipinski definition) is 1. The Morgan fingerprint density at radius 3 is 2.80 bits per heavy atom. The van der Waals surface area contributed by atoms with Crippen LogP contribution in [0.1, 0.15) is 35.6 Å². The predicted molar refractivity (Wildman–Crippen MR) is 129 cm³/mol. The molecule has 2 aromatic carbocycles. The Hall–Kier alpha value is -4.47. The minimum atomic E-state index is -0.682. The van der Waals surface area contributed by atoms with E-state index in [2.05, 4.69) is 10.4 Å². The van der Waals surface area contributed by atoms with Crippen LogP contribution in [0.25, 0.3) is 11.8 Å². The number of nitrogens with one attached hydrogen (secondary N) is 1. The van der Waals surface area contributed by atoms with Crippen molar-refractivity contribution in [3.8, 4) is 11.4 Å². The molecule has 0 spiro atoms. The van der Waals surface area contributed by atoms with E-state index < -0.39 is 16.7 Å². The highest BCUT2D eigenvalue weighted by atomic mass is 16.6. The standard InChI is InChI=1S/C25H25N5O5/c1-17-15-28(16-26-17)22-11-9-18(14-23(22)35-2)10-12-24(31)27-29-13-5-7-20(25(29)32)19-6-3-4-8-21(19)30(33)34/h3-4,6,8-12,14-16,20H,5,7,13H2,1-2H3,(H,27,31)/b12-10+. The third kappa shape index (κ3) is 5.21. The van der Waals surface area contributed by atoms with Crippen molar-refractivity contribution >= 4 is 23.6 Å². The first-order valence-electron chi connectivity index (χ1n) is 11.1. The van der Waals surface area contributed by atoms with Crippen LogP contribution in [0.4, 0.5) is 5.69 Å². The summed E-state index contributed by atoms with van der Waals surface area (Å²) >= 11 is 0. The van der Waals surface area contributed by atoms with E-state index in [0.29, 0.717) is 30.7 Å². The number of nitro groups is 1.